The van der Waals surface area contributed by atoms with Gasteiger partial charge in [0.1, 0.15) is 11.3 Å². The Labute approximate surface area is 114 Å². The number of furan rings is 1. The van der Waals surface area contributed by atoms with Crippen LogP contribution in [0.15, 0.2) is 44.9 Å². The number of aromatic amines is 1. The Morgan fingerprint density at radius 1 is 1.42 bits per heavy atom. The summed E-state index contributed by atoms with van der Waals surface area (Å²) in [7, 11) is 0. The van der Waals surface area contributed by atoms with Crippen molar-refractivity contribution in [3.05, 3.63) is 56.8 Å². The first kappa shape index (κ1) is 12.2. The molecule has 0 amide bonds. The quantitative estimate of drug-likeness (QED) is 0.769. The van der Waals surface area contributed by atoms with Crippen molar-refractivity contribution in [3.8, 4) is 0 Å². The molecule has 3 rings (SSSR count). The van der Waals surface area contributed by atoms with Crippen LogP contribution in [0.3, 0.4) is 0 Å². The molecule has 4 nitrogen and oxygen atoms in total. The van der Waals surface area contributed by atoms with E-state index >= 15 is 0 Å². The number of nitrogens with one attached hydrogen (secondary N) is 2. The summed E-state index contributed by atoms with van der Waals surface area (Å²) in [5.41, 5.74) is 1.80. The molecule has 5 heteroatoms. The number of rotatable bonds is 4. The van der Waals surface area contributed by atoms with Crippen LogP contribution in [-0.2, 0) is 6.54 Å². The summed E-state index contributed by atoms with van der Waals surface area (Å²) in [6.45, 7) is 2.67. The highest BCUT2D eigenvalue weighted by Gasteiger charge is 2.11. The van der Waals surface area contributed by atoms with E-state index in [9.17, 15) is 4.79 Å². The van der Waals surface area contributed by atoms with Gasteiger partial charge in [-0.15, -0.1) is 0 Å². The van der Waals surface area contributed by atoms with Crippen molar-refractivity contribution in [1.82, 2.24) is 10.3 Å². The third kappa shape index (κ3) is 2.62. The van der Waals surface area contributed by atoms with Crippen LogP contribution in [0.1, 0.15) is 24.4 Å². The van der Waals surface area contributed by atoms with Crippen LogP contribution < -0.4 is 10.2 Å². The lowest BCUT2D eigenvalue weighted by molar-refractivity contribution is 0.449. The highest BCUT2D eigenvalue weighted by atomic mass is 32.1. The Kier molecular flexibility index (Phi) is 3.23. The third-order valence-corrected chi connectivity index (χ3v) is 3.76. The maximum absolute atomic E-state index is 11.0. The molecule has 19 heavy (non-hydrogen) atoms. The average molecular weight is 274 g/mol. The number of hydrogen-bond donors (Lipinski definition) is 2. The van der Waals surface area contributed by atoms with Crippen molar-refractivity contribution in [2.45, 2.75) is 19.5 Å². The monoisotopic (exact) mass is 274 g/mol. The van der Waals surface area contributed by atoms with Crippen LogP contribution >= 0.6 is 11.3 Å². The molecule has 0 aliphatic carbocycles. The largest absolute Gasteiger partial charge is 0.459 e. The standard InChI is InChI=1S/C14H14N2O2S/c1-9(15-7-11-8-19-14(17)16-11)13-6-10-4-2-3-5-12(10)18-13/h2-6,8-9,15H,7H2,1H3,(H,16,17). The fourth-order valence-corrected chi connectivity index (χ4v) is 2.56. The van der Waals surface area contributed by atoms with Gasteiger partial charge in [0, 0.05) is 23.0 Å². The van der Waals surface area contributed by atoms with E-state index in [1.807, 2.05) is 42.6 Å². The SMILES string of the molecule is CC(NCc1csc(=O)[nH]1)c1cc2ccccc2o1. The van der Waals surface area contributed by atoms with Gasteiger partial charge in [0.05, 0.1) is 6.04 Å². The number of fused-ring (bicyclic) bond motifs is 1. The normalized spacial score (nSPS) is 12.9. The lowest BCUT2D eigenvalue weighted by Gasteiger charge is -2.09. The number of aromatic nitrogens is 1. The number of H-pyrrole nitrogens is 1. The van der Waals surface area contributed by atoms with Crippen molar-refractivity contribution < 1.29 is 4.42 Å². The minimum absolute atomic E-state index is 0.0202. The highest BCUT2D eigenvalue weighted by Crippen LogP contribution is 2.23. The summed E-state index contributed by atoms with van der Waals surface area (Å²) >= 11 is 1.18. The molecule has 0 aliphatic rings. The zero-order valence-electron chi connectivity index (χ0n) is 10.5. The molecular formula is C14H14N2O2S. The van der Waals surface area contributed by atoms with Crippen molar-refractivity contribution in [1.29, 1.82) is 0 Å². The van der Waals surface area contributed by atoms with Gasteiger partial charge in [-0.3, -0.25) is 4.79 Å². The number of hydrogen-bond acceptors (Lipinski definition) is 4. The Hall–Kier alpha value is -1.85. The second-order valence-corrected chi connectivity index (χ2v) is 5.30. The molecule has 0 saturated carbocycles. The second kappa shape index (κ2) is 5.03. The Balaban J connectivity index is 1.72. The molecule has 0 bridgehead atoms. The maximum Gasteiger partial charge on any atom is 0.304 e. The lowest BCUT2D eigenvalue weighted by atomic mass is 10.2. The van der Waals surface area contributed by atoms with E-state index in [1.54, 1.807) is 0 Å². The Bertz CT molecular complexity index is 708. The first-order chi connectivity index (χ1) is 9.22. The van der Waals surface area contributed by atoms with Gasteiger partial charge in [-0.1, -0.05) is 29.5 Å². The molecule has 0 radical (unpaired) electrons. The molecule has 3 aromatic rings. The van der Waals surface area contributed by atoms with E-state index in [2.05, 4.69) is 10.3 Å². The van der Waals surface area contributed by atoms with E-state index in [0.717, 1.165) is 22.4 Å². The van der Waals surface area contributed by atoms with E-state index < -0.39 is 0 Å². The minimum atomic E-state index is -0.0202. The van der Waals surface area contributed by atoms with Gasteiger partial charge in [-0.2, -0.15) is 0 Å². The van der Waals surface area contributed by atoms with Gasteiger partial charge < -0.3 is 14.7 Å². The minimum Gasteiger partial charge on any atom is -0.459 e. The molecule has 2 heterocycles. The Morgan fingerprint density at radius 2 is 2.26 bits per heavy atom. The lowest BCUT2D eigenvalue weighted by Crippen LogP contribution is -2.18. The summed E-state index contributed by atoms with van der Waals surface area (Å²) in [5.74, 6) is 0.902. The van der Waals surface area contributed by atoms with Crippen LogP contribution in [0.2, 0.25) is 0 Å². The van der Waals surface area contributed by atoms with Crippen LogP contribution in [-0.4, -0.2) is 4.98 Å². The molecule has 0 aliphatic heterocycles. The van der Waals surface area contributed by atoms with Gasteiger partial charge >= 0.3 is 4.87 Å². The molecule has 0 saturated heterocycles. The van der Waals surface area contributed by atoms with E-state index in [-0.39, 0.29) is 10.9 Å². The van der Waals surface area contributed by atoms with Crippen LogP contribution in [0.25, 0.3) is 11.0 Å². The Morgan fingerprint density at radius 3 is 3.00 bits per heavy atom. The fourth-order valence-electron chi connectivity index (χ4n) is 1.98. The number of para-hydroxylation sites is 1. The van der Waals surface area contributed by atoms with Crippen molar-refractivity contribution in [2.75, 3.05) is 0 Å². The first-order valence-corrected chi connectivity index (χ1v) is 6.99. The van der Waals surface area contributed by atoms with Crippen molar-refractivity contribution >= 4 is 22.3 Å². The second-order valence-electron chi connectivity index (χ2n) is 4.46. The fraction of sp³-hybridized carbons (Fsp3) is 0.214. The van der Waals surface area contributed by atoms with Crippen LogP contribution in [0.4, 0.5) is 0 Å². The summed E-state index contributed by atoms with van der Waals surface area (Å²) in [6.07, 6.45) is 0. The van der Waals surface area contributed by atoms with Gasteiger partial charge in [-0.25, -0.2) is 0 Å². The average Bonchev–Trinajstić information content (AvgIpc) is 3.01. The molecule has 0 spiro atoms. The van der Waals surface area contributed by atoms with Gasteiger partial charge in [-0.05, 0) is 19.1 Å². The predicted octanol–water partition coefficient (Wildman–Crippen LogP) is 3.03. The summed E-state index contributed by atoms with van der Waals surface area (Å²) in [4.78, 5) is 13.8. The van der Waals surface area contributed by atoms with E-state index in [4.69, 9.17) is 4.42 Å². The van der Waals surface area contributed by atoms with Gasteiger partial charge in [0.25, 0.3) is 0 Å². The van der Waals surface area contributed by atoms with Gasteiger partial charge in [0.2, 0.25) is 0 Å². The predicted molar refractivity (Wildman–Crippen MR) is 76.4 cm³/mol. The molecule has 2 N–H and O–H groups in total. The molecular weight excluding hydrogens is 260 g/mol. The molecule has 1 unspecified atom stereocenters. The summed E-state index contributed by atoms with van der Waals surface area (Å²) < 4.78 is 5.79. The maximum atomic E-state index is 11.0. The number of thiazole rings is 1. The molecule has 0 fully saturated rings. The van der Waals surface area contributed by atoms with Crippen molar-refractivity contribution in [3.63, 3.8) is 0 Å². The summed E-state index contributed by atoms with van der Waals surface area (Å²) in [5, 5.41) is 6.27. The molecule has 98 valence electrons. The van der Waals surface area contributed by atoms with Crippen LogP contribution in [0, 0.1) is 0 Å². The third-order valence-electron chi connectivity index (χ3n) is 3.04. The number of benzene rings is 1. The molecule has 1 aromatic carbocycles. The molecule has 2 aromatic heterocycles. The zero-order chi connectivity index (χ0) is 13.2. The van der Waals surface area contributed by atoms with Crippen LogP contribution in [0.5, 0.6) is 0 Å². The zero-order valence-corrected chi connectivity index (χ0v) is 11.3. The first-order valence-electron chi connectivity index (χ1n) is 6.11. The van der Waals surface area contributed by atoms with Crippen molar-refractivity contribution in [2.24, 2.45) is 0 Å². The van der Waals surface area contributed by atoms with E-state index in [1.165, 1.54) is 11.3 Å². The van der Waals surface area contributed by atoms with E-state index in [0.29, 0.717) is 6.54 Å². The smallest absolute Gasteiger partial charge is 0.304 e. The van der Waals surface area contributed by atoms with Gasteiger partial charge in [0.15, 0.2) is 0 Å². The topological polar surface area (TPSA) is 58.0 Å². The summed E-state index contributed by atoms with van der Waals surface area (Å²) in [6, 6.07) is 10.1. The highest BCUT2D eigenvalue weighted by molar-refractivity contribution is 7.07. The molecule has 1 atom stereocenters.